The molecule has 0 aromatic heterocycles. The third-order valence-corrected chi connectivity index (χ3v) is 1.35. The number of carbonyl (C=O) groups is 1. The molecule has 0 spiro atoms. The topological polar surface area (TPSA) is 26.3 Å². The van der Waals surface area contributed by atoms with Gasteiger partial charge in [-0.3, -0.25) is 4.79 Å². The molecule has 62 valence electrons. The SMILES string of the molecule is C#CC(=O)C(OCC)C(C)C. The van der Waals surface area contributed by atoms with Crippen LogP contribution in [-0.2, 0) is 9.53 Å². The molecule has 0 radical (unpaired) electrons. The lowest BCUT2D eigenvalue weighted by Crippen LogP contribution is -2.28. The number of hydrogen-bond donors (Lipinski definition) is 0. The molecule has 0 rings (SSSR count). The predicted molar refractivity (Wildman–Crippen MR) is 44.1 cm³/mol. The Balaban J connectivity index is 4.12. The van der Waals surface area contributed by atoms with Crippen LogP contribution in [0.25, 0.3) is 0 Å². The maximum Gasteiger partial charge on any atom is 0.234 e. The molecule has 0 saturated carbocycles. The third kappa shape index (κ3) is 3.20. The van der Waals surface area contributed by atoms with Crippen LogP contribution in [0.2, 0.25) is 0 Å². The van der Waals surface area contributed by atoms with Crippen molar-refractivity contribution in [1.29, 1.82) is 0 Å². The highest BCUT2D eigenvalue weighted by Gasteiger charge is 2.19. The van der Waals surface area contributed by atoms with E-state index in [0.29, 0.717) is 6.61 Å². The molecule has 0 saturated heterocycles. The summed E-state index contributed by atoms with van der Waals surface area (Å²) in [5.41, 5.74) is 0. The van der Waals surface area contributed by atoms with Crippen molar-refractivity contribution < 1.29 is 9.53 Å². The van der Waals surface area contributed by atoms with Crippen molar-refractivity contribution in [3.8, 4) is 12.3 Å². The second-order valence-corrected chi connectivity index (χ2v) is 2.63. The van der Waals surface area contributed by atoms with E-state index < -0.39 is 6.10 Å². The van der Waals surface area contributed by atoms with E-state index in [0.717, 1.165) is 0 Å². The lowest BCUT2D eigenvalue weighted by molar-refractivity contribution is -0.127. The molecule has 1 unspecified atom stereocenters. The van der Waals surface area contributed by atoms with Gasteiger partial charge in [-0.1, -0.05) is 13.8 Å². The summed E-state index contributed by atoms with van der Waals surface area (Å²) in [5, 5.41) is 0. The van der Waals surface area contributed by atoms with Crippen molar-refractivity contribution in [2.45, 2.75) is 26.9 Å². The first-order valence-corrected chi connectivity index (χ1v) is 3.75. The van der Waals surface area contributed by atoms with E-state index in [4.69, 9.17) is 11.2 Å². The van der Waals surface area contributed by atoms with E-state index in [9.17, 15) is 4.79 Å². The highest BCUT2D eigenvalue weighted by molar-refractivity contribution is 5.98. The van der Waals surface area contributed by atoms with E-state index in [1.807, 2.05) is 20.8 Å². The molecule has 0 heterocycles. The summed E-state index contributed by atoms with van der Waals surface area (Å²) in [6.45, 7) is 6.20. The maximum atomic E-state index is 11.0. The van der Waals surface area contributed by atoms with Crippen molar-refractivity contribution in [3.05, 3.63) is 0 Å². The van der Waals surface area contributed by atoms with Gasteiger partial charge in [0.15, 0.2) is 0 Å². The molecule has 0 aliphatic rings. The molecule has 0 fully saturated rings. The smallest absolute Gasteiger partial charge is 0.234 e. The minimum Gasteiger partial charge on any atom is -0.369 e. The average Bonchev–Trinajstić information content (AvgIpc) is 1.98. The molecule has 11 heavy (non-hydrogen) atoms. The van der Waals surface area contributed by atoms with E-state index >= 15 is 0 Å². The van der Waals surface area contributed by atoms with Crippen molar-refractivity contribution >= 4 is 5.78 Å². The maximum absolute atomic E-state index is 11.0. The fourth-order valence-electron chi connectivity index (χ4n) is 0.833. The van der Waals surface area contributed by atoms with Crippen molar-refractivity contribution in [2.24, 2.45) is 5.92 Å². The van der Waals surface area contributed by atoms with Crippen LogP contribution < -0.4 is 0 Å². The Morgan fingerprint density at radius 3 is 2.45 bits per heavy atom. The zero-order valence-corrected chi connectivity index (χ0v) is 7.26. The molecule has 0 aromatic rings. The monoisotopic (exact) mass is 154 g/mol. The average molecular weight is 154 g/mol. The quantitative estimate of drug-likeness (QED) is 0.450. The molecule has 0 aliphatic carbocycles. The molecule has 0 aliphatic heterocycles. The Morgan fingerprint density at radius 1 is 1.64 bits per heavy atom. The summed E-state index contributed by atoms with van der Waals surface area (Å²) in [5.74, 6) is 1.96. The normalized spacial score (nSPS) is 12.6. The Bertz CT molecular complexity index is 165. The standard InChI is InChI=1S/C9H14O2/c1-5-8(10)9(7(3)4)11-6-2/h1,7,9H,6H2,2-4H3. The van der Waals surface area contributed by atoms with Gasteiger partial charge in [-0.05, 0) is 18.8 Å². The molecule has 0 bridgehead atoms. The molecule has 0 N–H and O–H groups in total. The predicted octanol–water partition coefficient (Wildman–Crippen LogP) is 1.25. The van der Waals surface area contributed by atoms with Crippen LogP contribution in [0, 0.1) is 18.3 Å². The van der Waals surface area contributed by atoms with E-state index in [-0.39, 0.29) is 11.7 Å². The van der Waals surface area contributed by atoms with Crippen LogP contribution in [0.15, 0.2) is 0 Å². The minimum atomic E-state index is -0.426. The molecular formula is C9H14O2. The fourth-order valence-corrected chi connectivity index (χ4v) is 0.833. The third-order valence-electron chi connectivity index (χ3n) is 1.35. The van der Waals surface area contributed by atoms with Gasteiger partial charge in [-0.25, -0.2) is 0 Å². The van der Waals surface area contributed by atoms with E-state index in [2.05, 4.69) is 5.92 Å². The second-order valence-electron chi connectivity index (χ2n) is 2.63. The highest BCUT2D eigenvalue weighted by Crippen LogP contribution is 2.06. The van der Waals surface area contributed by atoms with Gasteiger partial charge in [0.25, 0.3) is 0 Å². The van der Waals surface area contributed by atoms with Gasteiger partial charge in [-0.15, -0.1) is 6.42 Å². The van der Waals surface area contributed by atoms with E-state index in [1.165, 1.54) is 0 Å². The number of rotatable bonds is 4. The molecular weight excluding hydrogens is 140 g/mol. The Labute approximate surface area is 67.9 Å². The summed E-state index contributed by atoms with van der Waals surface area (Å²) in [7, 11) is 0. The van der Waals surface area contributed by atoms with E-state index in [1.54, 1.807) is 0 Å². The van der Waals surface area contributed by atoms with Crippen molar-refractivity contribution in [1.82, 2.24) is 0 Å². The first-order chi connectivity index (χ1) is 5.13. The summed E-state index contributed by atoms with van der Waals surface area (Å²) in [4.78, 5) is 11.0. The molecule has 1 atom stereocenters. The van der Waals surface area contributed by atoms with Crippen molar-refractivity contribution in [3.63, 3.8) is 0 Å². The van der Waals surface area contributed by atoms with Gasteiger partial charge in [-0.2, -0.15) is 0 Å². The Morgan fingerprint density at radius 2 is 2.18 bits per heavy atom. The van der Waals surface area contributed by atoms with Gasteiger partial charge >= 0.3 is 0 Å². The summed E-state index contributed by atoms with van der Waals surface area (Å²) in [6, 6.07) is 0. The number of ketones is 1. The number of hydrogen-bond acceptors (Lipinski definition) is 2. The lowest BCUT2D eigenvalue weighted by atomic mass is 10.0. The summed E-state index contributed by atoms with van der Waals surface area (Å²) in [6.07, 6.45) is 4.54. The van der Waals surface area contributed by atoms with Crippen LogP contribution in [0.4, 0.5) is 0 Å². The van der Waals surface area contributed by atoms with Gasteiger partial charge in [0, 0.05) is 6.61 Å². The van der Waals surface area contributed by atoms with Crippen LogP contribution in [0.5, 0.6) is 0 Å². The summed E-state index contributed by atoms with van der Waals surface area (Å²) < 4.78 is 5.16. The second kappa shape index (κ2) is 4.92. The fraction of sp³-hybridized carbons (Fsp3) is 0.667. The molecule has 0 aromatic carbocycles. The number of carbonyl (C=O) groups excluding carboxylic acids is 1. The van der Waals surface area contributed by atoms with Crippen LogP contribution in [-0.4, -0.2) is 18.5 Å². The molecule has 0 amide bonds. The van der Waals surface area contributed by atoms with Crippen LogP contribution in [0.3, 0.4) is 0 Å². The van der Waals surface area contributed by atoms with Gasteiger partial charge in [0.05, 0.1) is 0 Å². The van der Waals surface area contributed by atoms with Crippen LogP contribution >= 0.6 is 0 Å². The highest BCUT2D eigenvalue weighted by atomic mass is 16.5. The first-order valence-electron chi connectivity index (χ1n) is 3.75. The number of ether oxygens (including phenoxy) is 1. The zero-order valence-electron chi connectivity index (χ0n) is 7.26. The first kappa shape index (κ1) is 10.2. The zero-order chi connectivity index (χ0) is 8.85. The van der Waals surface area contributed by atoms with Gasteiger partial charge in [0.2, 0.25) is 5.78 Å². The molecule has 2 nitrogen and oxygen atoms in total. The van der Waals surface area contributed by atoms with Crippen molar-refractivity contribution in [2.75, 3.05) is 6.61 Å². The van der Waals surface area contributed by atoms with Crippen LogP contribution in [0.1, 0.15) is 20.8 Å². The summed E-state index contributed by atoms with van der Waals surface area (Å²) >= 11 is 0. The number of terminal acetylenes is 1. The number of Topliss-reactive ketones (excluding diaryl/α,β-unsaturated/α-hetero) is 1. The van der Waals surface area contributed by atoms with Gasteiger partial charge < -0.3 is 4.74 Å². The van der Waals surface area contributed by atoms with Gasteiger partial charge in [0.1, 0.15) is 6.10 Å². The lowest BCUT2D eigenvalue weighted by Gasteiger charge is -2.16. The largest absolute Gasteiger partial charge is 0.369 e. The Kier molecular flexibility index (Phi) is 4.56. The minimum absolute atomic E-state index is 0.151. The molecule has 2 heteroatoms. The Hall–Kier alpha value is -0.810.